The molecular weight excluding hydrogens is 989 g/mol. The Morgan fingerprint density at radius 2 is 0.914 bits per heavy atom. The Kier molecular flexibility index (Phi) is 26.2. The molecule has 1 N–H and O–H groups in total. The molecule has 0 saturated carbocycles. The lowest BCUT2D eigenvalue weighted by molar-refractivity contribution is 0.158. The molecule has 2 aliphatic heterocycles. The highest BCUT2D eigenvalue weighted by atomic mass is 16.5. The molecule has 0 amide bonds. The first-order valence-electron chi connectivity index (χ1n) is 23.7. The lowest BCUT2D eigenvalue weighted by atomic mass is 9.85. The summed E-state index contributed by atoms with van der Waals surface area (Å²) in [7, 11) is 3.45. The first-order valence-corrected chi connectivity index (χ1v) is 23.7. The summed E-state index contributed by atoms with van der Waals surface area (Å²) in [6.07, 6.45) is 6.92. The van der Waals surface area contributed by atoms with Crippen molar-refractivity contribution >= 4 is 10.9 Å². The molecule has 81 heavy (non-hydrogen) atoms. The zero-order chi connectivity index (χ0) is 57.1. The Morgan fingerprint density at radius 1 is 0.494 bits per heavy atom. The van der Waals surface area contributed by atoms with Gasteiger partial charge in [0.1, 0.15) is 12.4 Å². The number of fused-ring (bicyclic) bond motifs is 6. The minimum atomic E-state index is 0.335. The van der Waals surface area contributed by atoms with Gasteiger partial charge in [-0.25, -0.2) is 0 Å². The number of aromatic nitrogens is 1. The molecule has 0 bridgehead atoms. The van der Waals surface area contributed by atoms with Gasteiger partial charge in [-0.3, -0.25) is 4.90 Å². The van der Waals surface area contributed by atoms with Crippen LogP contribution in [-0.4, -0.2) is 30.6 Å². The molecular formula is C76H34N2O3. The molecule has 1 aromatic heterocycles. The van der Waals surface area contributed by atoms with Crippen molar-refractivity contribution in [3.05, 3.63) is 88.1 Å². The normalized spacial score (nSPS) is 9.44. The summed E-state index contributed by atoms with van der Waals surface area (Å²) in [5, 5.41) is 1.27. The van der Waals surface area contributed by atoms with Gasteiger partial charge < -0.3 is 19.2 Å². The van der Waals surface area contributed by atoms with Crippen molar-refractivity contribution < 1.29 is 14.2 Å². The molecule has 3 heterocycles. The van der Waals surface area contributed by atoms with Crippen molar-refractivity contribution in [2.24, 2.45) is 0 Å². The van der Waals surface area contributed by atoms with Gasteiger partial charge in [0, 0.05) is 202 Å². The molecule has 3 aromatic carbocycles. The van der Waals surface area contributed by atoms with E-state index >= 15 is 0 Å². The fourth-order valence-corrected chi connectivity index (χ4v) is 6.86. The Balaban J connectivity index is 0.000000309. The topological polar surface area (TPSA) is 46.7 Å². The van der Waals surface area contributed by atoms with E-state index in [4.69, 9.17) is 20.6 Å². The van der Waals surface area contributed by atoms with Crippen molar-refractivity contribution in [3.63, 3.8) is 0 Å². The Labute approximate surface area is 477 Å². The maximum Gasteiger partial charge on any atom is 0.161 e. The minimum Gasteiger partial charge on any atom is -0.497 e. The maximum absolute atomic E-state index is 6.23. The summed E-state index contributed by atoms with van der Waals surface area (Å²) in [5.74, 6) is 114. The van der Waals surface area contributed by atoms with Crippen LogP contribution in [0.2, 0.25) is 0 Å². The number of hydrogen-bond acceptors (Lipinski definition) is 4. The van der Waals surface area contributed by atoms with Crippen LogP contribution in [0.5, 0.6) is 17.2 Å². The molecule has 5 heteroatoms. The molecule has 0 spiro atoms. The van der Waals surface area contributed by atoms with Crippen LogP contribution in [0.15, 0.2) is 54.6 Å². The molecule has 0 saturated heterocycles. The van der Waals surface area contributed by atoms with Gasteiger partial charge in [0.25, 0.3) is 0 Å². The second kappa shape index (κ2) is 36.4. The molecule has 1 unspecified atom stereocenters. The van der Waals surface area contributed by atoms with E-state index in [1.54, 1.807) is 21.1 Å². The van der Waals surface area contributed by atoms with Crippen LogP contribution in [0.1, 0.15) is 46.5 Å². The average Bonchev–Trinajstić information content (AvgIpc) is 3.97. The van der Waals surface area contributed by atoms with Gasteiger partial charge in [-0.15, -0.1) is 6.42 Å². The predicted octanol–water partition coefficient (Wildman–Crippen LogP) is 6.44. The number of methoxy groups -OCH3 is 2. The van der Waals surface area contributed by atoms with Crippen LogP contribution in [0.3, 0.4) is 0 Å². The lowest BCUT2D eigenvalue weighted by Crippen LogP contribution is -2.39. The third-order valence-corrected chi connectivity index (χ3v) is 10.2. The van der Waals surface area contributed by atoms with Crippen molar-refractivity contribution in [1.29, 1.82) is 0 Å². The number of aryl methyl sites for hydroxylation is 1. The van der Waals surface area contributed by atoms with Gasteiger partial charge in [0.05, 0.1) is 14.2 Å². The summed E-state index contributed by atoms with van der Waals surface area (Å²) >= 11 is 0. The number of nitrogens with zero attached hydrogens (tertiary/aromatic N) is 1. The Hall–Kier alpha value is -13.6. The lowest BCUT2D eigenvalue weighted by Gasteiger charge is -2.40. The van der Waals surface area contributed by atoms with Crippen LogP contribution in [0, 0.1) is 280 Å². The highest BCUT2D eigenvalue weighted by molar-refractivity contribution is 5.86. The summed E-state index contributed by atoms with van der Waals surface area (Å²) < 4.78 is 17.5. The van der Waals surface area contributed by atoms with E-state index in [2.05, 4.69) is 332 Å². The number of terminal acetylenes is 1. The minimum absolute atomic E-state index is 0.335. The summed E-state index contributed by atoms with van der Waals surface area (Å²) in [5.41, 5.74) is 9.04. The third kappa shape index (κ3) is 22.2. The molecule has 4 aromatic rings. The number of H-pyrrole nitrogens is 1. The Bertz CT molecular complexity index is 4740. The zero-order valence-electron chi connectivity index (χ0n) is 44.1. The molecule has 366 valence electrons. The molecule has 5 nitrogen and oxygen atoms in total. The van der Waals surface area contributed by atoms with E-state index in [9.17, 15) is 0 Å². The second-order valence-electron chi connectivity index (χ2n) is 15.2. The standard InChI is InChI=1S/C47H4.C29H30N2O3/c1-3-5-7-9-11-13-15-17-19-21-23-25-27-29-31-33-35-37-39-41-43-45-47-46-44-42-40-38-36-34-32-30-28-26-24-22-20-18-16-14-12-10-8-6-4-2;1-18-4-6-19(7-5-18)17-34-29-12-20-10-11-31-16-26-24(14-27(31)22(20)15-28(29)33-3)23-13-21(32-2)8-9-25(23)30-26/h1H,2H3;4-9,12-13,15,27,30H,10-11,14,16-17H2,1-3H3. The summed E-state index contributed by atoms with van der Waals surface area (Å²) in [6, 6.07) is 19.5. The van der Waals surface area contributed by atoms with Crippen LogP contribution in [-0.2, 0) is 26.0 Å². The van der Waals surface area contributed by atoms with Crippen LogP contribution >= 0.6 is 0 Å². The van der Waals surface area contributed by atoms with Crippen molar-refractivity contribution in [2.45, 2.75) is 45.9 Å². The summed E-state index contributed by atoms with van der Waals surface area (Å²) in [4.78, 5) is 6.24. The van der Waals surface area contributed by atoms with E-state index in [0.29, 0.717) is 12.6 Å². The van der Waals surface area contributed by atoms with Gasteiger partial charge in [0.2, 0.25) is 0 Å². The van der Waals surface area contributed by atoms with E-state index in [1.807, 2.05) is 6.07 Å². The molecule has 0 fully saturated rings. The van der Waals surface area contributed by atoms with Gasteiger partial charge in [-0.1, -0.05) is 35.7 Å². The van der Waals surface area contributed by atoms with Gasteiger partial charge in [-0.05, 0) is 174 Å². The monoisotopic (exact) mass is 1020 g/mol. The number of hydrogen-bond donors (Lipinski definition) is 1. The van der Waals surface area contributed by atoms with Gasteiger partial charge >= 0.3 is 0 Å². The van der Waals surface area contributed by atoms with Crippen molar-refractivity contribution in [2.75, 3.05) is 20.8 Å². The number of rotatable bonds is 5. The van der Waals surface area contributed by atoms with E-state index in [0.717, 1.165) is 48.7 Å². The third-order valence-electron chi connectivity index (χ3n) is 10.2. The van der Waals surface area contributed by atoms with Gasteiger partial charge in [0.15, 0.2) is 11.5 Å². The smallest absolute Gasteiger partial charge is 0.161 e. The SMILES string of the molecule is C#CC#CC#CC#CC#CC#CC#CC#CC#CC#CC#CC#CC#CC#CC#CC#CC#CC#CC#CC#CC#CC#CC#CC.COc1ccc2[nH]c3c(c2c1)CC1c2cc(OC)c(OCc4ccc(C)cc4)cc2CCN1C3. The molecule has 6 rings (SSSR count). The molecule has 0 radical (unpaired) electrons. The van der Waals surface area contributed by atoms with E-state index in [-0.39, 0.29) is 0 Å². The predicted molar refractivity (Wildman–Crippen MR) is 319 cm³/mol. The van der Waals surface area contributed by atoms with Crippen LogP contribution < -0.4 is 14.2 Å². The first kappa shape index (κ1) is 58.3. The number of ether oxygens (including phenoxy) is 3. The molecule has 1 atom stereocenters. The first-order chi connectivity index (χ1) is 40.0. The van der Waals surface area contributed by atoms with Crippen LogP contribution in [0.4, 0.5) is 0 Å². The van der Waals surface area contributed by atoms with Gasteiger partial charge in [-0.2, -0.15) is 0 Å². The zero-order valence-corrected chi connectivity index (χ0v) is 44.1. The number of aromatic amines is 1. The summed E-state index contributed by atoms with van der Waals surface area (Å²) in [6.45, 7) is 6.30. The molecule has 2 aliphatic rings. The largest absolute Gasteiger partial charge is 0.497 e. The fraction of sp³-hybridized carbons (Fsp3) is 0.132. The van der Waals surface area contributed by atoms with E-state index < -0.39 is 0 Å². The average molecular weight is 1020 g/mol. The van der Waals surface area contributed by atoms with E-state index in [1.165, 1.54) is 38.9 Å². The fourth-order valence-electron chi connectivity index (χ4n) is 6.86. The highest BCUT2D eigenvalue weighted by Gasteiger charge is 2.35. The number of benzene rings is 3. The molecule has 0 aliphatic carbocycles. The maximum atomic E-state index is 6.23. The second-order valence-corrected chi connectivity index (χ2v) is 15.2. The number of nitrogens with one attached hydrogen (secondary N) is 1. The highest BCUT2D eigenvalue weighted by Crippen LogP contribution is 2.44. The van der Waals surface area contributed by atoms with Crippen molar-refractivity contribution in [1.82, 2.24) is 9.88 Å². The quantitative estimate of drug-likeness (QED) is 0.234. The Morgan fingerprint density at radius 3 is 1.31 bits per heavy atom. The van der Waals surface area contributed by atoms with Crippen LogP contribution in [0.25, 0.3) is 10.9 Å². The van der Waals surface area contributed by atoms with Crippen molar-refractivity contribution in [3.8, 4) is 290 Å².